The number of nitrogen functional groups attached to an aromatic ring is 1. The zero-order valence-electron chi connectivity index (χ0n) is 6.93. The summed E-state index contributed by atoms with van der Waals surface area (Å²) in [6.45, 7) is 0. The van der Waals surface area contributed by atoms with Crippen molar-refractivity contribution in [1.29, 1.82) is 0 Å². The highest BCUT2D eigenvalue weighted by Gasteiger charge is 2.03. The topological polar surface area (TPSA) is 86.7 Å². The molecule has 0 amide bonds. The Morgan fingerprint density at radius 2 is 2.23 bits per heavy atom. The number of nitrogens with two attached hydrogens (primary N) is 1. The predicted octanol–water partition coefficient (Wildman–Crippen LogP) is -0.694. The summed E-state index contributed by atoms with van der Waals surface area (Å²) in [6, 6.07) is 0. The molecule has 0 saturated carbocycles. The van der Waals surface area contributed by atoms with Gasteiger partial charge in [-0.1, -0.05) is 0 Å². The van der Waals surface area contributed by atoms with Gasteiger partial charge in [0.15, 0.2) is 11.2 Å². The minimum atomic E-state index is -0.388. The minimum absolute atomic E-state index is 0.235. The fourth-order valence-electron chi connectivity index (χ4n) is 1.04. The van der Waals surface area contributed by atoms with Crippen molar-refractivity contribution in [1.82, 2.24) is 19.5 Å². The molecule has 2 aromatic heterocycles. The van der Waals surface area contributed by atoms with Crippen LogP contribution >= 0.6 is 0 Å². The van der Waals surface area contributed by atoms with E-state index in [-0.39, 0.29) is 16.9 Å². The summed E-state index contributed by atoms with van der Waals surface area (Å²) in [5, 5.41) is 0. The second-order valence-electron chi connectivity index (χ2n) is 2.63. The van der Waals surface area contributed by atoms with Crippen LogP contribution in [0.25, 0.3) is 11.2 Å². The molecular formula is C7H7N5O. The Morgan fingerprint density at radius 3 is 3.00 bits per heavy atom. The van der Waals surface area contributed by atoms with Gasteiger partial charge in [0, 0.05) is 7.05 Å². The van der Waals surface area contributed by atoms with E-state index in [9.17, 15) is 4.79 Å². The molecule has 0 aliphatic carbocycles. The van der Waals surface area contributed by atoms with E-state index in [0.717, 1.165) is 0 Å². The molecule has 0 unspecified atom stereocenters. The monoisotopic (exact) mass is 177 g/mol. The van der Waals surface area contributed by atoms with Gasteiger partial charge in [-0.3, -0.25) is 4.79 Å². The lowest BCUT2D eigenvalue weighted by Gasteiger charge is -2.01. The van der Waals surface area contributed by atoms with Crippen LogP contribution in [0.4, 0.5) is 5.82 Å². The molecule has 0 bridgehead atoms. The molecule has 0 aliphatic rings. The Morgan fingerprint density at radius 1 is 1.46 bits per heavy atom. The average molecular weight is 177 g/mol. The first-order chi connectivity index (χ1) is 6.18. The van der Waals surface area contributed by atoms with E-state index >= 15 is 0 Å². The van der Waals surface area contributed by atoms with Crippen LogP contribution in [-0.2, 0) is 7.05 Å². The van der Waals surface area contributed by atoms with Crippen molar-refractivity contribution in [2.45, 2.75) is 0 Å². The molecule has 2 N–H and O–H groups in total. The number of aromatic nitrogens is 4. The quantitative estimate of drug-likeness (QED) is 0.575. The Kier molecular flexibility index (Phi) is 1.48. The lowest BCUT2D eigenvalue weighted by Crippen LogP contribution is -2.13. The van der Waals surface area contributed by atoms with Gasteiger partial charge in [0.25, 0.3) is 0 Å². The number of hydrogen-bond acceptors (Lipinski definition) is 5. The molecule has 2 aromatic rings. The van der Waals surface area contributed by atoms with E-state index in [0.29, 0.717) is 5.65 Å². The molecule has 0 aromatic carbocycles. The minimum Gasteiger partial charge on any atom is -0.382 e. The Balaban J connectivity index is 3.01. The van der Waals surface area contributed by atoms with Crippen molar-refractivity contribution in [3.8, 4) is 0 Å². The Labute approximate surface area is 73.1 Å². The zero-order chi connectivity index (χ0) is 9.42. The predicted molar refractivity (Wildman–Crippen MR) is 47.0 cm³/mol. The van der Waals surface area contributed by atoms with Gasteiger partial charge in [-0.25, -0.2) is 9.97 Å². The summed E-state index contributed by atoms with van der Waals surface area (Å²) >= 11 is 0. The van der Waals surface area contributed by atoms with Gasteiger partial charge in [0.1, 0.15) is 12.1 Å². The lowest BCUT2D eigenvalue weighted by atomic mass is 10.5. The van der Waals surface area contributed by atoms with E-state index in [1.807, 2.05) is 0 Å². The number of fused-ring (bicyclic) bond motifs is 1. The van der Waals surface area contributed by atoms with Gasteiger partial charge >= 0.3 is 5.56 Å². The molecule has 0 saturated heterocycles. The Bertz CT molecular complexity index is 518. The summed E-state index contributed by atoms with van der Waals surface area (Å²) in [6.07, 6.45) is 2.73. The van der Waals surface area contributed by atoms with Crippen LogP contribution in [-0.4, -0.2) is 19.5 Å². The molecule has 0 radical (unpaired) electrons. The van der Waals surface area contributed by atoms with E-state index in [2.05, 4.69) is 15.0 Å². The maximum absolute atomic E-state index is 11.2. The lowest BCUT2D eigenvalue weighted by molar-refractivity contribution is 0.878. The summed E-state index contributed by atoms with van der Waals surface area (Å²) < 4.78 is 1.60. The van der Waals surface area contributed by atoms with Crippen molar-refractivity contribution >= 4 is 17.0 Å². The van der Waals surface area contributed by atoms with Crippen LogP contribution in [0, 0.1) is 0 Å². The number of hydrogen-bond donors (Lipinski definition) is 1. The Hall–Kier alpha value is -1.98. The summed E-state index contributed by atoms with van der Waals surface area (Å²) in [5.41, 5.74) is 5.72. The van der Waals surface area contributed by atoms with Gasteiger partial charge in [-0.15, -0.1) is 0 Å². The first-order valence-corrected chi connectivity index (χ1v) is 3.62. The molecule has 13 heavy (non-hydrogen) atoms. The number of anilines is 1. The third kappa shape index (κ3) is 1.12. The standard InChI is InChI=1S/C7H7N5O/c1-12-3-10-7(13)5-6(12)11-4(8)2-9-5/h2-3H,1H3,(H2,8,11). The van der Waals surface area contributed by atoms with Crippen molar-refractivity contribution < 1.29 is 0 Å². The molecule has 0 fully saturated rings. The van der Waals surface area contributed by atoms with Crippen molar-refractivity contribution in [3.63, 3.8) is 0 Å². The summed E-state index contributed by atoms with van der Waals surface area (Å²) in [7, 11) is 1.73. The number of rotatable bonds is 0. The second-order valence-corrected chi connectivity index (χ2v) is 2.63. The van der Waals surface area contributed by atoms with Gasteiger partial charge < -0.3 is 10.3 Å². The molecule has 0 spiro atoms. The molecule has 6 heteroatoms. The molecule has 0 aliphatic heterocycles. The zero-order valence-corrected chi connectivity index (χ0v) is 6.93. The van der Waals surface area contributed by atoms with E-state index in [4.69, 9.17) is 5.73 Å². The molecule has 2 rings (SSSR count). The number of aryl methyl sites for hydroxylation is 1. The van der Waals surface area contributed by atoms with Crippen LogP contribution in [0.15, 0.2) is 17.3 Å². The normalized spacial score (nSPS) is 10.5. The van der Waals surface area contributed by atoms with Gasteiger partial charge in [0.05, 0.1) is 6.20 Å². The van der Waals surface area contributed by atoms with Gasteiger partial charge in [-0.05, 0) is 0 Å². The smallest absolute Gasteiger partial charge is 0.300 e. The van der Waals surface area contributed by atoms with E-state index in [1.165, 1.54) is 12.5 Å². The highest BCUT2D eigenvalue weighted by Crippen LogP contribution is 2.03. The van der Waals surface area contributed by atoms with Crippen LogP contribution in [0.5, 0.6) is 0 Å². The molecule has 66 valence electrons. The van der Waals surface area contributed by atoms with Crippen LogP contribution in [0.3, 0.4) is 0 Å². The molecule has 6 nitrogen and oxygen atoms in total. The second kappa shape index (κ2) is 2.51. The van der Waals surface area contributed by atoms with Crippen LogP contribution in [0.1, 0.15) is 0 Å². The van der Waals surface area contributed by atoms with Crippen LogP contribution < -0.4 is 11.3 Å². The maximum atomic E-state index is 11.2. The average Bonchev–Trinajstić information content (AvgIpc) is 2.12. The van der Waals surface area contributed by atoms with Crippen molar-refractivity contribution in [3.05, 3.63) is 22.9 Å². The fourth-order valence-corrected chi connectivity index (χ4v) is 1.04. The first kappa shape index (κ1) is 7.66. The largest absolute Gasteiger partial charge is 0.382 e. The van der Waals surface area contributed by atoms with Gasteiger partial charge in [-0.2, -0.15) is 4.98 Å². The summed E-state index contributed by atoms with van der Waals surface area (Å²) in [5.74, 6) is 0.286. The number of nitrogens with zero attached hydrogens (tertiary/aromatic N) is 4. The van der Waals surface area contributed by atoms with E-state index in [1.54, 1.807) is 11.6 Å². The third-order valence-electron chi connectivity index (χ3n) is 1.66. The summed E-state index contributed by atoms with van der Waals surface area (Å²) in [4.78, 5) is 22.6. The highest BCUT2D eigenvalue weighted by molar-refractivity contribution is 5.69. The fraction of sp³-hybridized carbons (Fsp3) is 0.143. The molecule has 2 heterocycles. The molecule has 0 atom stereocenters. The third-order valence-corrected chi connectivity index (χ3v) is 1.66. The van der Waals surface area contributed by atoms with E-state index < -0.39 is 0 Å². The van der Waals surface area contributed by atoms with Gasteiger partial charge in [0.2, 0.25) is 0 Å². The molecular weight excluding hydrogens is 170 g/mol. The first-order valence-electron chi connectivity index (χ1n) is 3.62. The van der Waals surface area contributed by atoms with Crippen LogP contribution in [0.2, 0.25) is 0 Å². The maximum Gasteiger partial charge on any atom is 0.300 e. The van der Waals surface area contributed by atoms with Crippen molar-refractivity contribution in [2.24, 2.45) is 7.05 Å². The highest BCUT2D eigenvalue weighted by atomic mass is 16.1. The van der Waals surface area contributed by atoms with Crippen molar-refractivity contribution in [2.75, 3.05) is 5.73 Å². The SMILES string of the molecule is Cn1cnc(=O)c2ncc(N)nc21.